The van der Waals surface area contributed by atoms with Crippen molar-refractivity contribution >= 4 is 62.7 Å². The molecular weight excluding hydrogens is 484 g/mol. The number of carbonyl (C=O) groups is 3. The number of imide groups is 1. The third kappa shape index (κ3) is 3.53. The van der Waals surface area contributed by atoms with Gasteiger partial charge in [0.25, 0.3) is 11.8 Å². The number of halogens is 1. The number of fused-ring (bicyclic) bond motifs is 3. The van der Waals surface area contributed by atoms with Gasteiger partial charge in [0.2, 0.25) is 5.43 Å². The predicted molar refractivity (Wildman–Crippen MR) is 137 cm³/mol. The second kappa shape index (κ2) is 8.20. The fraction of sp³-hybridized carbons (Fsp3) is 0.185. The zero-order valence-electron chi connectivity index (χ0n) is 19.9. The Kier molecular flexibility index (Phi) is 5.37. The van der Waals surface area contributed by atoms with Crippen LogP contribution in [0.5, 0.6) is 0 Å². The van der Waals surface area contributed by atoms with Crippen molar-refractivity contribution < 1.29 is 23.5 Å². The number of nitrogens with one attached hydrogen (secondary N) is 1. The van der Waals surface area contributed by atoms with Crippen molar-refractivity contribution in [3.8, 4) is 0 Å². The van der Waals surface area contributed by atoms with Crippen molar-refractivity contribution in [3.63, 3.8) is 0 Å². The van der Waals surface area contributed by atoms with Crippen molar-refractivity contribution in [1.29, 1.82) is 0 Å². The molecule has 0 spiro atoms. The minimum atomic E-state index is -0.941. The molecule has 8 nitrogen and oxygen atoms in total. The van der Waals surface area contributed by atoms with E-state index in [9.17, 15) is 19.2 Å². The van der Waals surface area contributed by atoms with Crippen LogP contribution in [0.2, 0.25) is 5.02 Å². The number of amides is 2. The molecule has 2 heterocycles. The topological polar surface area (TPSA) is 106 Å². The zero-order chi connectivity index (χ0) is 25.9. The lowest BCUT2D eigenvalue weighted by Crippen LogP contribution is -2.30. The summed E-state index contributed by atoms with van der Waals surface area (Å²) in [6.45, 7) is 5.57. The van der Waals surface area contributed by atoms with Gasteiger partial charge in [0.05, 0.1) is 45.9 Å². The molecule has 4 aromatic rings. The number of methoxy groups -OCH3 is 1. The van der Waals surface area contributed by atoms with Crippen LogP contribution in [0, 0.1) is 0 Å². The first-order valence-corrected chi connectivity index (χ1v) is 11.5. The molecule has 2 amide bonds. The molecule has 0 bridgehead atoms. The molecule has 0 saturated heterocycles. The number of para-hydroxylation sites is 1. The summed E-state index contributed by atoms with van der Waals surface area (Å²) in [6.07, 6.45) is 0. The van der Waals surface area contributed by atoms with Crippen LogP contribution in [0.1, 0.15) is 51.8 Å². The molecule has 36 heavy (non-hydrogen) atoms. The molecule has 0 fully saturated rings. The lowest BCUT2D eigenvalue weighted by molar-refractivity contribution is 0.0599. The number of hydrogen-bond donors (Lipinski definition) is 1. The number of carbonyl (C=O) groups excluding carboxylic acids is 3. The molecule has 182 valence electrons. The highest BCUT2D eigenvalue weighted by Crippen LogP contribution is 2.42. The third-order valence-corrected chi connectivity index (χ3v) is 6.05. The fourth-order valence-corrected chi connectivity index (χ4v) is 4.59. The van der Waals surface area contributed by atoms with Crippen molar-refractivity contribution in [2.75, 3.05) is 17.3 Å². The molecule has 0 unspecified atom stereocenters. The Hall–Kier alpha value is -4.17. The lowest BCUT2D eigenvalue weighted by Gasteiger charge is -2.25. The maximum atomic E-state index is 13.8. The number of anilines is 2. The largest absolute Gasteiger partial charge is 0.465 e. The standard InChI is InChI=1S/C27H21ClN2O6/c1-27(2,3)29-21-19-17(24(32)30(25(19)33)14-8-6-5-7-9-14)18(26(34)35-4)20-22(31)15-12-13(28)10-11-16(15)36-23(20)21/h5-12,29H,1-4H3. The van der Waals surface area contributed by atoms with E-state index in [2.05, 4.69) is 5.32 Å². The molecule has 5 rings (SSSR count). The number of benzene rings is 3. The van der Waals surface area contributed by atoms with Gasteiger partial charge in [-0.2, -0.15) is 0 Å². The Morgan fingerprint density at radius 2 is 1.67 bits per heavy atom. The number of nitrogens with zero attached hydrogens (tertiary/aromatic N) is 1. The summed E-state index contributed by atoms with van der Waals surface area (Å²) >= 11 is 6.12. The van der Waals surface area contributed by atoms with E-state index in [-0.39, 0.29) is 44.3 Å². The average molecular weight is 505 g/mol. The Labute approximate surface area is 210 Å². The van der Waals surface area contributed by atoms with Crippen LogP contribution in [-0.4, -0.2) is 30.4 Å². The van der Waals surface area contributed by atoms with Gasteiger partial charge in [-0.15, -0.1) is 0 Å². The van der Waals surface area contributed by atoms with Crippen LogP contribution in [0.4, 0.5) is 11.4 Å². The second-order valence-electron chi connectivity index (χ2n) is 9.42. The summed E-state index contributed by atoms with van der Waals surface area (Å²) in [4.78, 5) is 55.4. The summed E-state index contributed by atoms with van der Waals surface area (Å²) in [6, 6.07) is 12.9. The summed E-state index contributed by atoms with van der Waals surface area (Å²) in [5.41, 5.74) is -1.15. The van der Waals surface area contributed by atoms with Crippen molar-refractivity contribution in [3.05, 3.63) is 80.5 Å². The van der Waals surface area contributed by atoms with Gasteiger partial charge in [-0.3, -0.25) is 14.4 Å². The summed E-state index contributed by atoms with van der Waals surface area (Å²) in [7, 11) is 1.14. The maximum Gasteiger partial charge on any atom is 0.339 e. The van der Waals surface area contributed by atoms with Gasteiger partial charge < -0.3 is 14.5 Å². The Bertz CT molecular complexity index is 1670. The van der Waals surface area contributed by atoms with Crippen LogP contribution in [0.15, 0.2) is 57.7 Å². The van der Waals surface area contributed by atoms with Crippen LogP contribution in [0.25, 0.3) is 21.9 Å². The molecule has 0 atom stereocenters. The smallest absolute Gasteiger partial charge is 0.339 e. The average Bonchev–Trinajstić information content (AvgIpc) is 3.09. The van der Waals surface area contributed by atoms with Crippen LogP contribution < -0.4 is 15.6 Å². The van der Waals surface area contributed by atoms with Gasteiger partial charge in [0.15, 0.2) is 5.58 Å². The first-order valence-electron chi connectivity index (χ1n) is 11.1. The van der Waals surface area contributed by atoms with Gasteiger partial charge in [0.1, 0.15) is 5.58 Å². The van der Waals surface area contributed by atoms with E-state index in [1.807, 2.05) is 20.8 Å². The molecule has 1 N–H and O–H groups in total. The van der Waals surface area contributed by atoms with Crippen molar-refractivity contribution in [2.45, 2.75) is 26.3 Å². The van der Waals surface area contributed by atoms with Gasteiger partial charge in [0, 0.05) is 10.6 Å². The number of rotatable bonds is 3. The Balaban J connectivity index is 2.00. The van der Waals surface area contributed by atoms with Crippen LogP contribution >= 0.6 is 11.6 Å². The summed E-state index contributed by atoms with van der Waals surface area (Å²) in [5, 5.41) is 3.48. The molecule has 0 aliphatic carbocycles. The number of hydrogen-bond acceptors (Lipinski definition) is 7. The predicted octanol–water partition coefficient (Wildman–Crippen LogP) is 5.40. The van der Waals surface area contributed by atoms with E-state index in [1.165, 1.54) is 12.1 Å². The van der Waals surface area contributed by atoms with E-state index < -0.39 is 28.8 Å². The van der Waals surface area contributed by atoms with Gasteiger partial charge >= 0.3 is 5.97 Å². The zero-order valence-corrected chi connectivity index (χ0v) is 20.6. The summed E-state index contributed by atoms with van der Waals surface area (Å²) in [5.74, 6) is -2.34. The van der Waals surface area contributed by atoms with E-state index in [0.717, 1.165) is 12.0 Å². The fourth-order valence-electron chi connectivity index (χ4n) is 4.41. The monoisotopic (exact) mass is 504 g/mol. The molecule has 1 aromatic heterocycles. The second-order valence-corrected chi connectivity index (χ2v) is 9.86. The molecule has 1 aliphatic heterocycles. The third-order valence-electron chi connectivity index (χ3n) is 5.82. The van der Waals surface area contributed by atoms with E-state index >= 15 is 0 Å². The van der Waals surface area contributed by atoms with E-state index in [1.54, 1.807) is 36.4 Å². The highest BCUT2D eigenvalue weighted by molar-refractivity contribution is 6.40. The number of ether oxygens (including phenoxy) is 1. The molecule has 9 heteroatoms. The highest BCUT2D eigenvalue weighted by atomic mass is 35.5. The van der Waals surface area contributed by atoms with Gasteiger partial charge in [-0.05, 0) is 51.1 Å². The highest BCUT2D eigenvalue weighted by Gasteiger charge is 2.45. The Morgan fingerprint density at radius 1 is 1.00 bits per heavy atom. The first-order chi connectivity index (χ1) is 17.0. The molecule has 1 aliphatic rings. The quantitative estimate of drug-likeness (QED) is 0.226. The van der Waals surface area contributed by atoms with Gasteiger partial charge in [-0.1, -0.05) is 29.8 Å². The van der Waals surface area contributed by atoms with E-state index in [4.69, 9.17) is 20.8 Å². The Morgan fingerprint density at radius 3 is 2.31 bits per heavy atom. The minimum absolute atomic E-state index is 0.0278. The normalized spacial score (nSPS) is 13.4. The molecular formula is C27H21ClN2O6. The van der Waals surface area contributed by atoms with E-state index in [0.29, 0.717) is 10.7 Å². The van der Waals surface area contributed by atoms with Crippen LogP contribution in [-0.2, 0) is 4.74 Å². The minimum Gasteiger partial charge on any atom is -0.465 e. The van der Waals surface area contributed by atoms with Crippen molar-refractivity contribution in [2.24, 2.45) is 0 Å². The SMILES string of the molecule is COC(=O)c1c2c(c(NC(C)(C)C)c3oc4ccc(Cl)cc4c(=O)c13)C(=O)N(c1ccccc1)C2=O. The van der Waals surface area contributed by atoms with Crippen molar-refractivity contribution in [1.82, 2.24) is 0 Å². The number of esters is 1. The molecule has 0 radical (unpaired) electrons. The lowest BCUT2D eigenvalue weighted by atomic mass is 9.93. The van der Waals surface area contributed by atoms with Gasteiger partial charge in [-0.25, -0.2) is 9.69 Å². The van der Waals surface area contributed by atoms with Crippen LogP contribution in [0.3, 0.4) is 0 Å². The molecule has 3 aromatic carbocycles. The molecule has 0 saturated carbocycles. The maximum absolute atomic E-state index is 13.8. The summed E-state index contributed by atoms with van der Waals surface area (Å²) < 4.78 is 11.1. The first kappa shape index (κ1) is 23.6.